The van der Waals surface area contributed by atoms with E-state index in [0.717, 1.165) is 12.3 Å². The second-order valence-corrected chi connectivity index (χ2v) is 10.1. The second-order valence-electron chi connectivity index (χ2n) is 10.1. The van der Waals surface area contributed by atoms with Crippen LogP contribution >= 0.6 is 0 Å². The largest absolute Gasteiger partial charge is 0.495 e. The van der Waals surface area contributed by atoms with Crippen molar-refractivity contribution < 1.29 is 4.74 Å². The number of benzene rings is 2. The number of hydrogen-bond donors (Lipinski definition) is 1. The van der Waals surface area contributed by atoms with Crippen LogP contribution in [0.5, 0.6) is 5.75 Å². The Bertz CT molecular complexity index is 974. The summed E-state index contributed by atoms with van der Waals surface area (Å²) in [7, 11) is 1.69. The first-order valence-electron chi connectivity index (χ1n) is 14.1. The first-order valence-corrected chi connectivity index (χ1v) is 14.1. The molecular weight excluding hydrogens is 416 g/mol. The van der Waals surface area contributed by atoms with Crippen molar-refractivity contribution in [1.29, 1.82) is 0 Å². The maximum absolute atomic E-state index is 6.20. The van der Waals surface area contributed by atoms with Gasteiger partial charge in [-0.2, -0.15) is 0 Å². The van der Waals surface area contributed by atoms with Gasteiger partial charge in [-0.25, -0.2) is 0 Å². The molecule has 0 fully saturated rings. The number of aromatic nitrogens is 1. The average Bonchev–Trinajstić information content (AvgIpc) is 3.15. The zero-order valence-electron chi connectivity index (χ0n) is 21.9. The minimum Gasteiger partial charge on any atom is -0.495 e. The third-order valence-electron chi connectivity index (χ3n) is 7.36. The molecule has 0 spiro atoms. The van der Waals surface area contributed by atoms with Crippen molar-refractivity contribution in [3.63, 3.8) is 0 Å². The molecule has 2 aromatic carbocycles. The summed E-state index contributed by atoms with van der Waals surface area (Å²) in [4.78, 5) is 0. The number of anilines is 1. The molecule has 188 valence electrons. The Morgan fingerprint density at radius 2 is 1.18 bits per heavy atom. The van der Waals surface area contributed by atoms with Gasteiger partial charge in [-0.3, -0.25) is 0 Å². The van der Waals surface area contributed by atoms with E-state index in [1.54, 1.807) is 7.11 Å². The molecule has 3 nitrogen and oxygen atoms in total. The van der Waals surface area contributed by atoms with Gasteiger partial charge in [0, 0.05) is 28.9 Å². The van der Waals surface area contributed by atoms with Gasteiger partial charge in [-0.15, -0.1) is 0 Å². The fraction of sp³-hybridized carbons (Fsp3) is 0.613. The van der Waals surface area contributed by atoms with Crippen molar-refractivity contribution in [1.82, 2.24) is 4.57 Å². The number of nitrogen functional groups attached to an aromatic ring is 1. The van der Waals surface area contributed by atoms with Gasteiger partial charge in [0.25, 0.3) is 0 Å². The molecule has 1 heterocycles. The van der Waals surface area contributed by atoms with Crippen LogP contribution in [-0.2, 0) is 6.54 Å². The van der Waals surface area contributed by atoms with Gasteiger partial charge in [-0.1, -0.05) is 121 Å². The highest BCUT2D eigenvalue weighted by Gasteiger charge is 2.13. The highest BCUT2D eigenvalue weighted by molar-refractivity contribution is 6.09. The molecule has 3 aromatic rings. The summed E-state index contributed by atoms with van der Waals surface area (Å²) in [6.45, 7) is 3.34. The first-order chi connectivity index (χ1) is 16.8. The molecule has 34 heavy (non-hydrogen) atoms. The van der Waals surface area contributed by atoms with Crippen LogP contribution in [0.1, 0.15) is 110 Å². The number of fused-ring (bicyclic) bond motifs is 3. The summed E-state index contributed by atoms with van der Waals surface area (Å²) in [6.07, 6.45) is 22.4. The molecule has 3 heteroatoms. The number of ether oxygens (including phenoxy) is 1. The van der Waals surface area contributed by atoms with E-state index < -0.39 is 0 Å². The Kier molecular flexibility index (Phi) is 11.6. The fourth-order valence-corrected chi connectivity index (χ4v) is 5.33. The van der Waals surface area contributed by atoms with E-state index in [9.17, 15) is 0 Å². The van der Waals surface area contributed by atoms with E-state index in [-0.39, 0.29) is 0 Å². The van der Waals surface area contributed by atoms with Crippen molar-refractivity contribution in [2.75, 3.05) is 12.8 Å². The lowest BCUT2D eigenvalue weighted by molar-refractivity contribution is 0.417. The van der Waals surface area contributed by atoms with E-state index in [1.165, 1.54) is 125 Å². The summed E-state index contributed by atoms with van der Waals surface area (Å²) >= 11 is 0. The monoisotopic (exact) mass is 464 g/mol. The highest BCUT2D eigenvalue weighted by atomic mass is 16.5. The molecule has 0 saturated heterocycles. The zero-order chi connectivity index (χ0) is 24.0. The third-order valence-corrected chi connectivity index (χ3v) is 7.36. The van der Waals surface area contributed by atoms with Gasteiger partial charge in [0.2, 0.25) is 0 Å². The molecule has 0 bridgehead atoms. The Morgan fingerprint density at radius 1 is 0.647 bits per heavy atom. The van der Waals surface area contributed by atoms with Crippen LogP contribution in [0.4, 0.5) is 5.69 Å². The van der Waals surface area contributed by atoms with Crippen LogP contribution in [-0.4, -0.2) is 11.7 Å². The van der Waals surface area contributed by atoms with Crippen molar-refractivity contribution in [3.05, 3.63) is 36.4 Å². The number of nitrogens with zero attached hydrogens (tertiary/aromatic N) is 1. The topological polar surface area (TPSA) is 40.2 Å². The Labute approximate surface area is 208 Å². The molecule has 0 saturated carbocycles. The molecule has 0 aliphatic heterocycles. The molecule has 0 aliphatic rings. The Hall–Kier alpha value is -2.16. The van der Waals surface area contributed by atoms with E-state index in [2.05, 4.69) is 47.9 Å². The van der Waals surface area contributed by atoms with Crippen molar-refractivity contribution in [2.45, 2.75) is 116 Å². The van der Waals surface area contributed by atoms with Crippen LogP contribution in [0.2, 0.25) is 0 Å². The number of hydrogen-bond acceptors (Lipinski definition) is 2. The van der Waals surface area contributed by atoms with Gasteiger partial charge in [-0.05, 0) is 18.6 Å². The predicted octanol–water partition coefficient (Wildman–Crippen LogP) is 9.65. The summed E-state index contributed by atoms with van der Waals surface area (Å²) in [5, 5.41) is 2.51. The molecule has 3 rings (SSSR count). The minimum atomic E-state index is 0.709. The predicted molar refractivity (Wildman–Crippen MR) is 150 cm³/mol. The Morgan fingerprint density at radius 3 is 1.74 bits per heavy atom. The number of rotatable bonds is 18. The molecular formula is C31H48N2O. The standard InChI is InChI=1S/C31H48N2O/c1-3-4-5-6-7-8-9-10-11-12-13-14-15-16-17-20-23-33-29-22-19-18-21-26(29)27-24-28(32)31(34-2)25-30(27)33/h18-19,21-22,24-25H,3-17,20,23,32H2,1-2H3. The van der Waals surface area contributed by atoms with E-state index in [0.29, 0.717) is 5.69 Å². The van der Waals surface area contributed by atoms with Gasteiger partial charge in [0.15, 0.2) is 0 Å². The lowest BCUT2D eigenvalue weighted by Crippen LogP contribution is -1.99. The van der Waals surface area contributed by atoms with Crippen molar-refractivity contribution in [3.8, 4) is 5.75 Å². The summed E-state index contributed by atoms with van der Waals surface area (Å²) in [5.41, 5.74) is 9.44. The van der Waals surface area contributed by atoms with E-state index in [1.807, 2.05) is 0 Å². The van der Waals surface area contributed by atoms with Crippen LogP contribution in [0.3, 0.4) is 0 Å². The number of unbranched alkanes of at least 4 members (excludes halogenated alkanes) is 15. The van der Waals surface area contributed by atoms with E-state index in [4.69, 9.17) is 10.5 Å². The third kappa shape index (κ3) is 7.68. The first kappa shape index (κ1) is 26.4. The molecule has 0 unspecified atom stereocenters. The van der Waals surface area contributed by atoms with Gasteiger partial charge in [0.05, 0.1) is 18.3 Å². The van der Waals surface area contributed by atoms with Gasteiger partial charge >= 0.3 is 0 Å². The summed E-state index contributed by atoms with van der Waals surface area (Å²) < 4.78 is 7.96. The normalized spacial score (nSPS) is 11.6. The highest BCUT2D eigenvalue weighted by Crippen LogP contribution is 2.35. The quantitative estimate of drug-likeness (QED) is 0.150. The zero-order valence-corrected chi connectivity index (χ0v) is 21.9. The number of methoxy groups -OCH3 is 1. The van der Waals surface area contributed by atoms with Crippen molar-refractivity contribution in [2.24, 2.45) is 0 Å². The fourth-order valence-electron chi connectivity index (χ4n) is 5.33. The molecule has 0 aliphatic carbocycles. The molecule has 0 radical (unpaired) electrons. The number of nitrogens with two attached hydrogens (primary N) is 1. The van der Waals surface area contributed by atoms with Gasteiger partial charge < -0.3 is 15.0 Å². The van der Waals surface area contributed by atoms with Crippen molar-refractivity contribution >= 4 is 27.5 Å². The van der Waals surface area contributed by atoms with Crippen LogP contribution in [0.15, 0.2) is 36.4 Å². The lowest BCUT2D eigenvalue weighted by atomic mass is 10.0. The lowest BCUT2D eigenvalue weighted by Gasteiger charge is -2.10. The SMILES string of the molecule is CCCCCCCCCCCCCCCCCCn1c2ccccc2c2cc(N)c(OC)cc21. The minimum absolute atomic E-state index is 0.709. The second kappa shape index (κ2) is 15.0. The molecule has 0 amide bonds. The van der Waals surface area contributed by atoms with Crippen LogP contribution < -0.4 is 10.5 Å². The smallest absolute Gasteiger partial charge is 0.143 e. The molecule has 1 aromatic heterocycles. The Balaban J connectivity index is 1.31. The molecule has 2 N–H and O–H groups in total. The average molecular weight is 465 g/mol. The van der Waals surface area contributed by atoms with Crippen LogP contribution in [0.25, 0.3) is 21.8 Å². The maximum atomic E-state index is 6.20. The molecule has 0 atom stereocenters. The summed E-state index contributed by atoms with van der Waals surface area (Å²) in [6, 6.07) is 12.9. The summed E-state index contributed by atoms with van der Waals surface area (Å²) in [5.74, 6) is 0.767. The van der Waals surface area contributed by atoms with Crippen LogP contribution in [0, 0.1) is 0 Å². The number of para-hydroxylation sites is 1. The number of aryl methyl sites for hydroxylation is 1. The maximum Gasteiger partial charge on any atom is 0.143 e. The van der Waals surface area contributed by atoms with E-state index >= 15 is 0 Å². The van der Waals surface area contributed by atoms with Gasteiger partial charge in [0.1, 0.15) is 5.75 Å².